The lowest BCUT2D eigenvalue weighted by atomic mass is 10.1. The van der Waals surface area contributed by atoms with Crippen molar-refractivity contribution >= 4 is 5.97 Å². The van der Waals surface area contributed by atoms with Gasteiger partial charge in [-0.3, -0.25) is 4.90 Å². The zero-order valence-corrected chi connectivity index (χ0v) is 13.2. The Bertz CT molecular complexity index is 603. The van der Waals surface area contributed by atoms with Crippen molar-refractivity contribution in [3.63, 3.8) is 0 Å². The SMILES string of the molecule is COC(=O)C(N(Cc1ccccc1)Cc1ccccc1)C(F)(F)F. The first-order chi connectivity index (χ1) is 11.4. The summed E-state index contributed by atoms with van der Waals surface area (Å²) in [5.74, 6) is -1.31. The molecule has 2 aromatic rings. The lowest BCUT2D eigenvalue weighted by Crippen LogP contribution is -2.50. The van der Waals surface area contributed by atoms with E-state index in [0.29, 0.717) is 11.1 Å². The molecular weight excluding hydrogens is 319 g/mol. The molecule has 0 spiro atoms. The number of halogens is 3. The van der Waals surface area contributed by atoms with E-state index in [-0.39, 0.29) is 13.1 Å². The number of rotatable bonds is 6. The van der Waals surface area contributed by atoms with E-state index in [0.717, 1.165) is 12.0 Å². The van der Waals surface area contributed by atoms with Crippen LogP contribution in [0.1, 0.15) is 11.1 Å². The van der Waals surface area contributed by atoms with Crippen LogP contribution in [-0.4, -0.2) is 30.2 Å². The standard InChI is InChI=1S/C18H18F3NO2/c1-24-17(23)16(18(19,20)21)22(12-14-8-4-2-5-9-14)13-15-10-6-3-7-11-15/h2-11,16H,12-13H2,1H3. The van der Waals surface area contributed by atoms with Gasteiger partial charge in [0.15, 0.2) is 0 Å². The Morgan fingerprint density at radius 2 is 1.38 bits per heavy atom. The van der Waals surface area contributed by atoms with E-state index in [1.807, 2.05) is 0 Å². The van der Waals surface area contributed by atoms with Crippen molar-refractivity contribution < 1.29 is 22.7 Å². The first kappa shape index (κ1) is 18.0. The van der Waals surface area contributed by atoms with Crippen molar-refractivity contribution in [3.05, 3.63) is 71.8 Å². The van der Waals surface area contributed by atoms with Crippen LogP contribution in [0.25, 0.3) is 0 Å². The highest BCUT2D eigenvalue weighted by Gasteiger charge is 2.49. The van der Waals surface area contributed by atoms with Crippen LogP contribution < -0.4 is 0 Å². The molecule has 0 heterocycles. The van der Waals surface area contributed by atoms with Crippen LogP contribution in [0.2, 0.25) is 0 Å². The fourth-order valence-electron chi connectivity index (χ4n) is 2.48. The maximum atomic E-state index is 13.5. The van der Waals surface area contributed by atoms with Crippen molar-refractivity contribution in [2.75, 3.05) is 7.11 Å². The summed E-state index contributed by atoms with van der Waals surface area (Å²) < 4.78 is 44.8. The molecule has 0 radical (unpaired) electrons. The van der Waals surface area contributed by atoms with E-state index in [4.69, 9.17) is 0 Å². The molecule has 1 atom stereocenters. The minimum atomic E-state index is -4.73. The minimum Gasteiger partial charge on any atom is -0.468 e. The van der Waals surface area contributed by atoms with E-state index in [1.165, 1.54) is 0 Å². The molecular formula is C18H18F3NO2. The van der Waals surface area contributed by atoms with Crippen LogP contribution in [0.5, 0.6) is 0 Å². The van der Waals surface area contributed by atoms with Crippen LogP contribution >= 0.6 is 0 Å². The molecule has 0 saturated carbocycles. The summed E-state index contributed by atoms with van der Waals surface area (Å²) in [6, 6.07) is 15.1. The first-order valence-electron chi connectivity index (χ1n) is 7.38. The highest BCUT2D eigenvalue weighted by Crippen LogP contribution is 2.28. The fraction of sp³-hybridized carbons (Fsp3) is 0.278. The Morgan fingerprint density at radius 1 is 0.958 bits per heavy atom. The summed E-state index contributed by atoms with van der Waals surface area (Å²) in [6.45, 7) is -0.0377. The van der Waals surface area contributed by atoms with Crippen molar-refractivity contribution in [1.82, 2.24) is 4.90 Å². The molecule has 0 amide bonds. The summed E-state index contributed by atoms with van der Waals surface area (Å²) in [4.78, 5) is 12.9. The van der Waals surface area contributed by atoms with Crippen LogP contribution in [0.4, 0.5) is 13.2 Å². The van der Waals surface area contributed by atoms with Crippen LogP contribution in [0.3, 0.4) is 0 Å². The Kier molecular flexibility index (Phi) is 5.98. The van der Waals surface area contributed by atoms with Gasteiger partial charge in [0.25, 0.3) is 0 Å². The Labute approximate surface area is 138 Å². The molecule has 2 rings (SSSR count). The van der Waals surface area contributed by atoms with Crippen LogP contribution in [0, 0.1) is 0 Å². The smallest absolute Gasteiger partial charge is 0.414 e. The van der Waals surface area contributed by atoms with Crippen molar-refractivity contribution in [3.8, 4) is 0 Å². The zero-order valence-electron chi connectivity index (χ0n) is 13.2. The van der Waals surface area contributed by atoms with Crippen molar-refractivity contribution in [1.29, 1.82) is 0 Å². The molecule has 0 bridgehead atoms. The van der Waals surface area contributed by atoms with Gasteiger partial charge < -0.3 is 4.74 Å². The number of carbonyl (C=O) groups is 1. The second-order valence-electron chi connectivity index (χ2n) is 5.34. The number of alkyl halides is 3. The Balaban J connectivity index is 2.34. The van der Waals surface area contributed by atoms with Gasteiger partial charge in [0.05, 0.1) is 7.11 Å². The summed E-state index contributed by atoms with van der Waals surface area (Å²) >= 11 is 0. The summed E-state index contributed by atoms with van der Waals surface area (Å²) in [7, 11) is 0.963. The monoisotopic (exact) mass is 337 g/mol. The molecule has 128 valence electrons. The van der Waals surface area contributed by atoms with E-state index >= 15 is 0 Å². The maximum Gasteiger partial charge on any atom is 0.414 e. The van der Waals surface area contributed by atoms with Crippen molar-refractivity contribution in [2.24, 2.45) is 0 Å². The normalized spacial score (nSPS) is 12.9. The first-order valence-corrected chi connectivity index (χ1v) is 7.38. The molecule has 0 saturated heterocycles. The molecule has 0 aliphatic heterocycles. The molecule has 24 heavy (non-hydrogen) atoms. The minimum absolute atomic E-state index is 0.0188. The summed E-state index contributed by atoms with van der Waals surface area (Å²) in [5, 5.41) is 0. The lowest BCUT2D eigenvalue weighted by molar-refractivity contribution is -0.203. The number of hydrogen-bond acceptors (Lipinski definition) is 3. The van der Waals surface area contributed by atoms with E-state index in [2.05, 4.69) is 4.74 Å². The molecule has 0 aliphatic rings. The number of methoxy groups -OCH3 is 1. The molecule has 3 nitrogen and oxygen atoms in total. The van der Waals surface area contributed by atoms with Gasteiger partial charge in [-0.1, -0.05) is 60.7 Å². The third-order valence-corrected chi connectivity index (χ3v) is 3.56. The second-order valence-corrected chi connectivity index (χ2v) is 5.34. The molecule has 0 aromatic heterocycles. The van der Waals surface area contributed by atoms with Crippen LogP contribution in [0.15, 0.2) is 60.7 Å². The van der Waals surface area contributed by atoms with Gasteiger partial charge in [-0.15, -0.1) is 0 Å². The highest BCUT2D eigenvalue weighted by molar-refractivity contribution is 5.76. The van der Waals surface area contributed by atoms with Gasteiger partial charge in [0.2, 0.25) is 6.04 Å². The molecule has 1 unspecified atom stereocenters. The van der Waals surface area contributed by atoms with Gasteiger partial charge in [0, 0.05) is 13.1 Å². The molecule has 0 aliphatic carbocycles. The lowest BCUT2D eigenvalue weighted by Gasteiger charge is -2.31. The van der Waals surface area contributed by atoms with Gasteiger partial charge in [-0.2, -0.15) is 13.2 Å². The molecule has 6 heteroatoms. The van der Waals surface area contributed by atoms with E-state index in [1.54, 1.807) is 60.7 Å². The number of nitrogens with zero attached hydrogens (tertiary/aromatic N) is 1. The highest BCUT2D eigenvalue weighted by atomic mass is 19.4. The molecule has 0 N–H and O–H groups in total. The number of ether oxygens (including phenoxy) is 1. The fourth-order valence-corrected chi connectivity index (χ4v) is 2.48. The second kappa shape index (κ2) is 7.97. The molecule has 0 fully saturated rings. The third-order valence-electron chi connectivity index (χ3n) is 3.56. The Morgan fingerprint density at radius 3 is 1.71 bits per heavy atom. The molecule has 2 aromatic carbocycles. The van der Waals surface area contributed by atoms with E-state index < -0.39 is 18.2 Å². The number of carbonyl (C=O) groups excluding carboxylic acids is 1. The number of benzene rings is 2. The largest absolute Gasteiger partial charge is 0.468 e. The quantitative estimate of drug-likeness (QED) is 0.751. The van der Waals surface area contributed by atoms with Gasteiger partial charge in [0.1, 0.15) is 0 Å². The predicted octanol–water partition coefficient (Wildman–Crippen LogP) is 3.79. The number of hydrogen-bond donors (Lipinski definition) is 0. The predicted molar refractivity (Wildman–Crippen MR) is 84.0 cm³/mol. The van der Waals surface area contributed by atoms with Gasteiger partial charge >= 0.3 is 12.1 Å². The van der Waals surface area contributed by atoms with Crippen LogP contribution in [-0.2, 0) is 22.6 Å². The average Bonchev–Trinajstić information content (AvgIpc) is 2.55. The summed E-state index contributed by atoms with van der Waals surface area (Å²) in [6.07, 6.45) is -4.73. The van der Waals surface area contributed by atoms with Crippen molar-refractivity contribution in [2.45, 2.75) is 25.3 Å². The average molecular weight is 337 g/mol. The zero-order chi connectivity index (χ0) is 17.6. The summed E-state index contributed by atoms with van der Waals surface area (Å²) in [5.41, 5.74) is 1.37. The van der Waals surface area contributed by atoms with Gasteiger partial charge in [-0.25, -0.2) is 4.79 Å². The Hall–Kier alpha value is -2.34. The number of esters is 1. The topological polar surface area (TPSA) is 29.5 Å². The third kappa shape index (κ3) is 4.83. The maximum absolute atomic E-state index is 13.5. The van der Waals surface area contributed by atoms with Gasteiger partial charge in [-0.05, 0) is 11.1 Å². The van der Waals surface area contributed by atoms with E-state index in [9.17, 15) is 18.0 Å².